The quantitative estimate of drug-likeness (QED) is 0.321. The van der Waals surface area contributed by atoms with Crippen LogP contribution in [0.1, 0.15) is 19.4 Å². The van der Waals surface area contributed by atoms with E-state index in [0.29, 0.717) is 13.1 Å². The summed E-state index contributed by atoms with van der Waals surface area (Å²) < 4.78 is 1.91. The lowest BCUT2D eigenvalue weighted by molar-refractivity contribution is -0.139. The summed E-state index contributed by atoms with van der Waals surface area (Å²) in [6, 6.07) is 3.87. The van der Waals surface area contributed by atoms with E-state index in [0.717, 1.165) is 11.2 Å². The van der Waals surface area contributed by atoms with Crippen molar-refractivity contribution in [2.45, 2.75) is 30.5 Å². The molecule has 1 aliphatic heterocycles. The van der Waals surface area contributed by atoms with E-state index in [4.69, 9.17) is 17.3 Å². The first kappa shape index (κ1) is 15.5. The van der Waals surface area contributed by atoms with E-state index < -0.39 is 22.5 Å². The van der Waals surface area contributed by atoms with Crippen molar-refractivity contribution in [3.05, 3.63) is 36.3 Å². The van der Waals surface area contributed by atoms with Gasteiger partial charge in [-0.2, -0.15) is 0 Å². The predicted molar refractivity (Wildman–Crippen MR) is 89.4 cm³/mol. The molecule has 128 valence electrons. The number of pyridine rings is 1. The Balaban J connectivity index is 1.63. The molecule has 8 nitrogen and oxygen atoms in total. The molecule has 0 spiro atoms. The number of aromatic nitrogens is 2. The van der Waals surface area contributed by atoms with Crippen LogP contribution in [0.3, 0.4) is 0 Å². The first-order valence-corrected chi connectivity index (χ1v) is 8.02. The van der Waals surface area contributed by atoms with Gasteiger partial charge in [0.1, 0.15) is 5.65 Å². The van der Waals surface area contributed by atoms with Crippen molar-refractivity contribution in [1.29, 1.82) is 0 Å². The van der Waals surface area contributed by atoms with Gasteiger partial charge in [-0.05, 0) is 31.5 Å². The fraction of sp³-hybridized carbons (Fsp3) is 0.500. The third-order valence-corrected chi connectivity index (χ3v) is 5.84. The van der Waals surface area contributed by atoms with Crippen LogP contribution in [0.5, 0.6) is 0 Å². The smallest absolute Gasteiger partial charge is 0.244 e. The minimum Gasteiger partial charge on any atom is -0.322 e. The number of carbonyl (C=O) groups excluding carboxylic acids is 1. The summed E-state index contributed by atoms with van der Waals surface area (Å²) in [4.78, 5) is 17.2. The summed E-state index contributed by atoms with van der Waals surface area (Å²) in [7, 11) is 0. The topological polar surface area (TPSA) is 128 Å². The number of nitrogens with two attached hydrogens (primary N) is 3. The maximum Gasteiger partial charge on any atom is 0.244 e. The number of hydrazine groups is 1. The first-order valence-electron chi connectivity index (χ1n) is 8.02. The molecule has 2 aromatic heterocycles. The molecule has 1 amide bonds. The van der Waals surface area contributed by atoms with Crippen LogP contribution in [0, 0.1) is 5.92 Å². The Hall–Kier alpha value is -2.00. The molecule has 4 rings (SSSR count). The van der Waals surface area contributed by atoms with Crippen LogP contribution in [-0.4, -0.2) is 44.5 Å². The molecule has 1 saturated heterocycles. The number of nitrogens with zero attached hydrogens (tertiary/aromatic N) is 3. The molecular weight excluding hydrogens is 306 g/mol. The van der Waals surface area contributed by atoms with Crippen LogP contribution < -0.4 is 22.6 Å². The largest absolute Gasteiger partial charge is 0.322 e. The third kappa shape index (κ3) is 1.76. The Morgan fingerprint density at radius 2 is 2.04 bits per heavy atom. The van der Waals surface area contributed by atoms with Gasteiger partial charge in [-0.25, -0.2) is 10.8 Å². The van der Waals surface area contributed by atoms with E-state index in [9.17, 15) is 4.79 Å². The van der Waals surface area contributed by atoms with Crippen molar-refractivity contribution in [2.75, 3.05) is 13.1 Å². The molecule has 0 aromatic carbocycles. The highest BCUT2D eigenvalue weighted by Crippen LogP contribution is 2.54. The maximum atomic E-state index is 13.0. The van der Waals surface area contributed by atoms with Crippen LogP contribution in [0.25, 0.3) is 5.65 Å². The van der Waals surface area contributed by atoms with Gasteiger partial charge >= 0.3 is 0 Å². The third-order valence-electron chi connectivity index (χ3n) is 5.84. The number of fused-ring (bicyclic) bond motifs is 2. The second kappa shape index (κ2) is 4.54. The number of amides is 1. The maximum absolute atomic E-state index is 13.0. The Morgan fingerprint density at radius 1 is 1.38 bits per heavy atom. The van der Waals surface area contributed by atoms with E-state index in [1.54, 1.807) is 6.20 Å². The summed E-state index contributed by atoms with van der Waals surface area (Å²) in [6.07, 6.45) is 5.50. The highest BCUT2D eigenvalue weighted by atomic mass is 16.2. The van der Waals surface area contributed by atoms with E-state index in [1.807, 2.05) is 42.8 Å². The monoisotopic (exact) mass is 329 g/mol. The number of imidazole rings is 1. The average molecular weight is 329 g/mol. The van der Waals surface area contributed by atoms with E-state index in [-0.39, 0.29) is 5.91 Å². The van der Waals surface area contributed by atoms with Crippen LogP contribution in [0.15, 0.2) is 30.7 Å². The summed E-state index contributed by atoms with van der Waals surface area (Å²) >= 11 is 0. The molecular formula is C16H23N7O. The minimum absolute atomic E-state index is 0.213. The summed E-state index contributed by atoms with van der Waals surface area (Å²) in [5, 5.41) is 4.41. The zero-order chi connectivity index (χ0) is 17.3. The van der Waals surface area contributed by atoms with Crippen molar-refractivity contribution in [2.24, 2.45) is 23.2 Å². The predicted octanol–water partition coefficient (Wildman–Crippen LogP) is -1.10. The zero-order valence-corrected chi connectivity index (χ0v) is 13.9. The van der Waals surface area contributed by atoms with E-state index >= 15 is 0 Å². The van der Waals surface area contributed by atoms with Gasteiger partial charge in [0, 0.05) is 31.7 Å². The van der Waals surface area contributed by atoms with Crippen LogP contribution in [0.2, 0.25) is 0 Å². The van der Waals surface area contributed by atoms with Crippen LogP contribution in [-0.2, 0) is 10.3 Å². The van der Waals surface area contributed by atoms with E-state index in [1.165, 1.54) is 5.01 Å². The molecule has 1 aliphatic carbocycles. The molecule has 0 radical (unpaired) electrons. The standard InChI is InChI=1S/C16H23N7O/c1-14(2,10-3-5-22-6-4-21-11(22)7-10)23(19)13(24)12-15(17)8-20-9-16(12,15)18/h3-7,12,20H,8-9,17-19H2,1-2H3/t12?,15-,16+. The van der Waals surface area contributed by atoms with Crippen molar-refractivity contribution < 1.29 is 4.79 Å². The second-order valence-corrected chi connectivity index (χ2v) is 7.49. The normalized spacial score (nSPS) is 32.0. The van der Waals surface area contributed by atoms with Crippen LogP contribution >= 0.6 is 0 Å². The molecule has 0 bridgehead atoms. The Kier molecular flexibility index (Phi) is 2.94. The summed E-state index contributed by atoms with van der Waals surface area (Å²) in [6.45, 7) is 4.88. The number of piperidine rings is 1. The van der Waals surface area contributed by atoms with Crippen molar-refractivity contribution in [3.8, 4) is 0 Å². The Morgan fingerprint density at radius 3 is 2.71 bits per heavy atom. The van der Waals surface area contributed by atoms with Gasteiger partial charge in [-0.3, -0.25) is 9.80 Å². The number of nitrogens with one attached hydrogen (secondary N) is 1. The number of rotatable bonds is 3. The summed E-state index contributed by atoms with van der Waals surface area (Å²) in [5.74, 6) is 5.57. The lowest BCUT2D eigenvalue weighted by atomic mass is 9.93. The highest BCUT2D eigenvalue weighted by molar-refractivity contribution is 5.88. The SMILES string of the molecule is CC(C)(c1ccn2ccnc2c1)N(N)C(=O)C1[C@]2(N)CNC[C@]12N. The lowest BCUT2D eigenvalue weighted by Gasteiger charge is -2.36. The van der Waals surface area contributed by atoms with Gasteiger partial charge in [0.25, 0.3) is 0 Å². The van der Waals surface area contributed by atoms with Gasteiger partial charge in [-0.1, -0.05) is 0 Å². The zero-order valence-electron chi connectivity index (χ0n) is 13.9. The number of carbonyl (C=O) groups is 1. The molecule has 2 fully saturated rings. The molecule has 1 unspecified atom stereocenters. The highest BCUT2D eigenvalue weighted by Gasteiger charge is 2.79. The van der Waals surface area contributed by atoms with Crippen molar-refractivity contribution in [1.82, 2.24) is 19.7 Å². The minimum atomic E-state index is -0.707. The number of hydrogen-bond acceptors (Lipinski definition) is 6. The number of hydrogen-bond donors (Lipinski definition) is 4. The fourth-order valence-electron chi connectivity index (χ4n) is 3.95. The fourth-order valence-corrected chi connectivity index (χ4v) is 3.95. The van der Waals surface area contributed by atoms with Crippen molar-refractivity contribution >= 4 is 11.6 Å². The van der Waals surface area contributed by atoms with E-state index in [2.05, 4.69) is 10.3 Å². The molecule has 3 atom stereocenters. The molecule has 2 aromatic rings. The van der Waals surface area contributed by atoms with Crippen molar-refractivity contribution in [3.63, 3.8) is 0 Å². The molecule has 3 heterocycles. The first-order chi connectivity index (χ1) is 11.2. The van der Waals surface area contributed by atoms with Gasteiger partial charge in [0.05, 0.1) is 22.5 Å². The Labute approximate surface area is 140 Å². The molecule has 1 saturated carbocycles. The molecule has 2 aliphatic rings. The second-order valence-electron chi connectivity index (χ2n) is 7.49. The molecule has 8 heteroatoms. The van der Waals surface area contributed by atoms with Gasteiger partial charge < -0.3 is 21.2 Å². The van der Waals surface area contributed by atoms with Gasteiger partial charge in [0.15, 0.2) is 0 Å². The van der Waals surface area contributed by atoms with Gasteiger partial charge in [-0.15, -0.1) is 0 Å². The Bertz CT molecular complexity index is 815. The summed E-state index contributed by atoms with van der Waals surface area (Å²) in [5.41, 5.74) is 12.2. The average Bonchev–Trinajstić information content (AvgIpc) is 2.92. The lowest BCUT2D eigenvalue weighted by Crippen LogP contribution is -2.53. The molecule has 7 N–H and O–H groups in total. The van der Waals surface area contributed by atoms with Gasteiger partial charge in [0.2, 0.25) is 5.91 Å². The molecule has 24 heavy (non-hydrogen) atoms. The van der Waals surface area contributed by atoms with Crippen LogP contribution in [0.4, 0.5) is 0 Å².